The number of rotatable bonds is 3. The Labute approximate surface area is 149 Å². The minimum Gasteiger partial charge on any atom is -0.352 e. The molecule has 0 aromatic heterocycles. The fourth-order valence-electron chi connectivity index (χ4n) is 2.69. The molecule has 1 aliphatic heterocycles. The summed E-state index contributed by atoms with van der Waals surface area (Å²) in [6.07, 6.45) is 1.50. The first-order valence-corrected chi connectivity index (χ1v) is 9.91. The van der Waals surface area contributed by atoms with E-state index in [1.807, 2.05) is 20.8 Å². The summed E-state index contributed by atoms with van der Waals surface area (Å²) in [6.45, 7) is 7.98. The van der Waals surface area contributed by atoms with Gasteiger partial charge < -0.3 is 5.32 Å². The van der Waals surface area contributed by atoms with E-state index in [1.54, 1.807) is 25.1 Å². The van der Waals surface area contributed by atoms with E-state index in [9.17, 15) is 13.2 Å². The summed E-state index contributed by atoms with van der Waals surface area (Å²) in [6, 6.07) is 4.73. The van der Waals surface area contributed by atoms with Crippen LogP contribution in [-0.4, -0.2) is 37.8 Å². The summed E-state index contributed by atoms with van der Waals surface area (Å²) in [4.78, 5) is 12.4. The van der Waals surface area contributed by atoms with E-state index in [1.165, 1.54) is 4.31 Å². The maximum absolute atomic E-state index is 12.9. The molecule has 1 saturated heterocycles. The summed E-state index contributed by atoms with van der Waals surface area (Å²) in [5, 5.41) is 3.40. The predicted molar refractivity (Wildman–Crippen MR) is 95.6 cm³/mol. The van der Waals surface area contributed by atoms with Crippen molar-refractivity contribution in [2.45, 2.75) is 51.5 Å². The van der Waals surface area contributed by atoms with E-state index in [0.717, 1.165) is 6.42 Å². The van der Waals surface area contributed by atoms with Crippen LogP contribution in [-0.2, 0) is 14.8 Å². The molecule has 1 atom stereocenters. The molecule has 0 saturated carbocycles. The van der Waals surface area contributed by atoms with Gasteiger partial charge in [0.05, 0.1) is 4.90 Å². The van der Waals surface area contributed by atoms with E-state index < -0.39 is 15.4 Å². The number of carbonyl (C=O) groups excluding carboxylic acids is 1. The van der Waals surface area contributed by atoms with Crippen LogP contribution in [0.5, 0.6) is 0 Å². The molecule has 5 nitrogen and oxygen atoms in total. The molecule has 0 unspecified atom stereocenters. The number of sulfonamides is 1. The summed E-state index contributed by atoms with van der Waals surface area (Å²) < 4.78 is 27.3. The number of amides is 1. The number of carbonyl (C=O) groups is 1. The average Bonchev–Trinajstić information content (AvgIpc) is 2.49. The van der Waals surface area contributed by atoms with Gasteiger partial charge >= 0.3 is 0 Å². The summed E-state index contributed by atoms with van der Waals surface area (Å²) in [7, 11) is -3.62. The topological polar surface area (TPSA) is 66.5 Å². The van der Waals surface area contributed by atoms with Gasteiger partial charge in [0.15, 0.2) is 0 Å². The lowest BCUT2D eigenvalue weighted by atomic mass is 9.94. The molecule has 24 heavy (non-hydrogen) atoms. The van der Waals surface area contributed by atoms with Crippen molar-refractivity contribution in [1.82, 2.24) is 9.62 Å². The monoisotopic (exact) mass is 372 g/mol. The lowest BCUT2D eigenvalue weighted by Gasteiger charge is -2.34. The molecule has 1 aromatic rings. The second kappa shape index (κ2) is 7.02. The summed E-state index contributed by atoms with van der Waals surface area (Å²) >= 11 is 6.07. The molecular formula is C17H25ClN2O3S. The fraction of sp³-hybridized carbons (Fsp3) is 0.588. The molecule has 1 aromatic carbocycles. The van der Waals surface area contributed by atoms with Crippen LogP contribution in [0.1, 0.15) is 39.2 Å². The highest BCUT2D eigenvalue weighted by molar-refractivity contribution is 7.89. The quantitative estimate of drug-likeness (QED) is 0.886. The molecule has 7 heteroatoms. The third kappa shape index (κ3) is 4.10. The van der Waals surface area contributed by atoms with E-state index in [2.05, 4.69) is 5.32 Å². The number of benzene rings is 1. The summed E-state index contributed by atoms with van der Waals surface area (Å²) in [5.41, 5.74) is 0.0602. The molecule has 0 aliphatic carbocycles. The molecule has 0 spiro atoms. The van der Waals surface area contributed by atoms with Gasteiger partial charge in [-0.05, 0) is 37.5 Å². The first-order chi connectivity index (χ1) is 11.0. The maximum Gasteiger partial charge on any atom is 0.243 e. The highest BCUT2D eigenvalue weighted by Crippen LogP contribution is 2.27. The van der Waals surface area contributed by atoms with Gasteiger partial charge in [-0.3, -0.25) is 4.79 Å². The number of halogens is 1. The molecule has 0 bridgehead atoms. The number of piperidine rings is 1. The van der Waals surface area contributed by atoms with E-state index in [0.29, 0.717) is 23.6 Å². The van der Waals surface area contributed by atoms with Gasteiger partial charge in [-0.1, -0.05) is 38.4 Å². The average molecular weight is 373 g/mol. The molecule has 1 N–H and O–H groups in total. The first-order valence-electron chi connectivity index (χ1n) is 8.09. The van der Waals surface area contributed by atoms with Crippen molar-refractivity contribution in [3.8, 4) is 0 Å². The Morgan fingerprint density at radius 3 is 2.62 bits per heavy atom. The number of nitrogens with one attached hydrogen (secondary N) is 1. The van der Waals surface area contributed by atoms with Crippen LogP contribution in [0.2, 0.25) is 5.02 Å². The normalized spacial score (nSPS) is 20.0. The van der Waals surface area contributed by atoms with Crippen LogP contribution in [0, 0.1) is 12.3 Å². The minimum atomic E-state index is -3.62. The maximum atomic E-state index is 12.9. The Hall–Kier alpha value is -1.11. The van der Waals surface area contributed by atoms with E-state index in [4.69, 9.17) is 11.6 Å². The Morgan fingerprint density at radius 1 is 1.33 bits per heavy atom. The van der Waals surface area contributed by atoms with Crippen LogP contribution in [0.25, 0.3) is 0 Å². The Kier molecular flexibility index (Phi) is 5.62. The molecule has 1 aliphatic rings. The first kappa shape index (κ1) is 19.2. The van der Waals surface area contributed by atoms with Crippen molar-refractivity contribution in [3.63, 3.8) is 0 Å². The van der Waals surface area contributed by atoms with Crippen LogP contribution in [0.15, 0.2) is 23.1 Å². The van der Waals surface area contributed by atoms with Crippen molar-refractivity contribution >= 4 is 27.5 Å². The van der Waals surface area contributed by atoms with Crippen LogP contribution in [0.4, 0.5) is 0 Å². The van der Waals surface area contributed by atoms with Crippen LogP contribution >= 0.6 is 11.6 Å². The van der Waals surface area contributed by atoms with Gasteiger partial charge in [-0.2, -0.15) is 4.31 Å². The smallest absolute Gasteiger partial charge is 0.243 e. The van der Waals surface area contributed by atoms with Crippen LogP contribution < -0.4 is 5.32 Å². The molecule has 2 rings (SSSR count). The number of hydrogen-bond acceptors (Lipinski definition) is 3. The van der Waals surface area contributed by atoms with E-state index in [-0.39, 0.29) is 23.4 Å². The molecule has 0 radical (unpaired) electrons. The highest BCUT2D eigenvalue weighted by Gasteiger charge is 2.33. The van der Waals surface area contributed by atoms with Gasteiger partial charge in [-0.15, -0.1) is 0 Å². The molecule has 134 valence electrons. The SMILES string of the molecule is Cc1c(Cl)cccc1S(=O)(=O)N1CCC[C@H](NC(=O)C(C)(C)C)C1. The Bertz CT molecular complexity index is 726. The fourth-order valence-corrected chi connectivity index (χ4v) is 4.69. The Balaban J connectivity index is 2.19. The zero-order valence-corrected chi connectivity index (χ0v) is 16.2. The van der Waals surface area contributed by atoms with Gasteiger partial charge in [0, 0.05) is 29.6 Å². The standard InChI is InChI=1S/C17H25ClN2O3S/c1-12-14(18)8-5-9-15(12)24(22,23)20-10-6-7-13(11-20)19-16(21)17(2,3)4/h5,8-9,13H,6-7,10-11H2,1-4H3,(H,19,21)/t13-/m0/s1. The third-order valence-corrected chi connectivity index (χ3v) is 6.66. The Morgan fingerprint density at radius 2 is 2.00 bits per heavy atom. The van der Waals surface area contributed by atoms with Crippen LogP contribution in [0.3, 0.4) is 0 Å². The molecule has 1 fully saturated rings. The lowest BCUT2D eigenvalue weighted by molar-refractivity contribution is -0.129. The van der Waals surface area contributed by atoms with Crippen molar-refractivity contribution in [1.29, 1.82) is 0 Å². The third-order valence-electron chi connectivity index (χ3n) is 4.24. The van der Waals surface area contributed by atoms with Gasteiger partial charge in [0.2, 0.25) is 15.9 Å². The van der Waals surface area contributed by atoms with Gasteiger partial charge in [0.1, 0.15) is 0 Å². The van der Waals surface area contributed by atoms with Crippen molar-refractivity contribution in [2.24, 2.45) is 5.41 Å². The zero-order chi connectivity index (χ0) is 18.1. The second-order valence-electron chi connectivity index (χ2n) is 7.29. The molecule has 1 heterocycles. The van der Waals surface area contributed by atoms with E-state index >= 15 is 0 Å². The number of nitrogens with zero attached hydrogens (tertiary/aromatic N) is 1. The molecule has 1 amide bonds. The van der Waals surface area contributed by atoms with Gasteiger partial charge in [0.25, 0.3) is 0 Å². The minimum absolute atomic E-state index is 0.0642. The second-order valence-corrected chi connectivity index (χ2v) is 9.60. The van der Waals surface area contributed by atoms with Crippen molar-refractivity contribution in [3.05, 3.63) is 28.8 Å². The highest BCUT2D eigenvalue weighted by atomic mass is 35.5. The van der Waals surface area contributed by atoms with Crippen molar-refractivity contribution in [2.75, 3.05) is 13.1 Å². The zero-order valence-electron chi connectivity index (χ0n) is 14.6. The lowest BCUT2D eigenvalue weighted by Crippen LogP contribution is -2.51. The van der Waals surface area contributed by atoms with Crippen molar-refractivity contribution < 1.29 is 13.2 Å². The largest absolute Gasteiger partial charge is 0.352 e. The predicted octanol–water partition coefficient (Wildman–Crippen LogP) is 2.96. The number of hydrogen-bond donors (Lipinski definition) is 1. The summed E-state index contributed by atoms with van der Waals surface area (Å²) in [5.74, 6) is -0.0642. The van der Waals surface area contributed by atoms with Gasteiger partial charge in [-0.25, -0.2) is 8.42 Å². The molecular weight excluding hydrogens is 348 g/mol.